The molecule has 3 nitrogen and oxygen atoms in total. The van der Waals surface area contributed by atoms with Gasteiger partial charge in [0.2, 0.25) is 0 Å². The lowest BCUT2D eigenvalue weighted by Crippen LogP contribution is -2.36. The van der Waals surface area contributed by atoms with Crippen molar-refractivity contribution in [3.63, 3.8) is 0 Å². The highest BCUT2D eigenvalue weighted by molar-refractivity contribution is 5.09. The second kappa shape index (κ2) is 5.88. The normalized spacial score (nSPS) is 27.8. The summed E-state index contributed by atoms with van der Waals surface area (Å²) in [5, 5.41) is 14.3. The maximum atomic E-state index is 9.93. The van der Waals surface area contributed by atoms with Crippen molar-refractivity contribution in [1.29, 1.82) is 0 Å². The minimum absolute atomic E-state index is 0.0867. The van der Waals surface area contributed by atoms with E-state index < -0.39 is 0 Å². The predicted molar refractivity (Wildman–Crippen MR) is 82.5 cm³/mol. The molecule has 0 unspecified atom stereocenters. The van der Waals surface area contributed by atoms with Crippen LogP contribution in [-0.2, 0) is 13.0 Å². The van der Waals surface area contributed by atoms with Crippen molar-refractivity contribution in [3.8, 4) is 0 Å². The zero-order valence-electron chi connectivity index (χ0n) is 13.5. The predicted octanol–water partition coefficient (Wildman–Crippen LogP) is 3.66. The third-order valence-corrected chi connectivity index (χ3v) is 5.20. The van der Waals surface area contributed by atoms with E-state index in [0.29, 0.717) is 12.0 Å². The molecule has 0 bridgehead atoms. The summed E-state index contributed by atoms with van der Waals surface area (Å²) in [5.74, 6) is 0.792. The van der Waals surface area contributed by atoms with Gasteiger partial charge in [-0.15, -0.1) is 0 Å². The van der Waals surface area contributed by atoms with Crippen LogP contribution in [0.2, 0.25) is 0 Å². The molecule has 3 heteroatoms. The van der Waals surface area contributed by atoms with Gasteiger partial charge in [-0.2, -0.15) is 5.10 Å². The van der Waals surface area contributed by atoms with Crippen molar-refractivity contribution in [2.75, 3.05) is 6.61 Å². The van der Waals surface area contributed by atoms with Crippen molar-refractivity contribution < 1.29 is 5.11 Å². The molecular formula is C17H30N2O. The summed E-state index contributed by atoms with van der Waals surface area (Å²) < 4.78 is 1.97. The zero-order valence-corrected chi connectivity index (χ0v) is 13.5. The summed E-state index contributed by atoms with van der Waals surface area (Å²) in [7, 11) is 0. The van der Waals surface area contributed by atoms with Crippen molar-refractivity contribution in [3.05, 3.63) is 18.0 Å². The largest absolute Gasteiger partial charge is 0.396 e. The van der Waals surface area contributed by atoms with E-state index in [1.165, 1.54) is 18.4 Å². The molecule has 1 aromatic rings. The molecule has 0 aromatic carbocycles. The second-order valence-electron chi connectivity index (χ2n) is 7.68. The molecule has 0 spiro atoms. The molecule has 0 amide bonds. The van der Waals surface area contributed by atoms with E-state index in [0.717, 1.165) is 31.7 Å². The van der Waals surface area contributed by atoms with E-state index in [2.05, 4.69) is 39.0 Å². The van der Waals surface area contributed by atoms with Crippen LogP contribution in [0.1, 0.15) is 58.9 Å². The number of aryl methyl sites for hydroxylation is 1. The highest BCUT2D eigenvalue weighted by atomic mass is 16.3. The second-order valence-corrected chi connectivity index (χ2v) is 7.68. The molecule has 0 radical (unpaired) electrons. The maximum absolute atomic E-state index is 9.93. The number of hydrogen-bond donors (Lipinski definition) is 1. The maximum Gasteiger partial charge on any atom is 0.0521 e. The average molecular weight is 278 g/mol. The first-order valence-corrected chi connectivity index (χ1v) is 8.01. The Morgan fingerprint density at radius 2 is 2.00 bits per heavy atom. The van der Waals surface area contributed by atoms with Crippen LogP contribution in [0.5, 0.6) is 0 Å². The Morgan fingerprint density at radius 1 is 1.35 bits per heavy atom. The molecule has 0 atom stereocenters. The summed E-state index contributed by atoms with van der Waals surface area (Å²) >= 11 is 0. The highest BCUT2D eigenvalue weighted by Crippen LogP contribution is 2.46. The van der Waals surface area contributed by atoms with Crippen LogP contribution in [-0.4, -0.2) is 21.5 Å². The lowest BCUT2D eigenvalue weighted by Gasteiger charge is -2.43. The summed E-state index contributed by atoms with van der Waals surface area (Å²) in [6.07, 6.45) is 9.84. The molecule has 114 valence electrons. The first-order valence-electron chi connectivity index (χ1n) is 8.01. The Balaban J connectivity index is 2.01. The fraction of sp³-hybridized carbons (Fsp3) is 0.824. The number of aromatic nitrogens is 2. The lowest BCUT2D eigenvalue weighted by atomic mass is 9.63. The standard InChI is InChI=1S/C17H30N2O/c1-5-19-12-14(11-18-19)10-17(13-20)8-6-15(7-9-17)16(2,3)4/h11-12,15,20H,5-10,13H2,1-4H3. The number of nitrogens with zero attached hydrogens (tertiary/aromatic N) is 2. The third kappa shape index (κ3) is 3.43. The minimum Gasteiger partial charge on any atom is -0.396 e. The molecule has 0 saturated heterocycles. The molecule has 1 saturated carbocycles. The van der Waals surface area contributed by atoms with Crippen LogP contribution < -0.4 is 0 Å². The Labute approximate surface area is 123 Å². The quantitative estimate of drug-likeness (QED) is 0.912. The monoisotopic (exact) mass is 278 g/mol. The molecule has 1 aromatic heterocycles. The van der Waals surface area contributed by atoms with E-state index in [4.69, 9.17) is 0 Å². The summed E-state index contributed by atoms with van der Waals surface area (Å²) in [6.45, 7) is 10.4. The van der Waals surface area contributed by atoms with Crippen LogP contribution in [0.15, 0.2) is 12.4 Å². The van der Waals surface area contributed by atoms with Crippen LogP contribution >= 0.6 is 0 Å². The van der Waals surface area contributed by atoms with Crippen molar-refractivity contribution in [1.82, 2.24) is 9.78 Å². The number of rotatable bonds is 4. The highest BCUT2D eigenvalue weighted by Gasteiger charge is 2.38. The van der Waals surface area contributed by atoms with Gasteiger partial charge >= 0.3 is 0 Å². The van der Waals surface area contributed by atoms with Gasteiger partial charge < -0.3 is 5.11 Å². The van der Waals surface area contributed by atoms with Crippen molar-refractivity contribution in [2.45, 2.75) is 66.3 Å². The van der Waals surface area contributed by atoms with Crippen LogP contribution in [0.25, 0.3) is 0 Å². The first-order chi connectivity index (χ1) is 9.38. The summed E-state index contributed by atoms with van der Waals surface area (Å²) in [6, 6.07) is 0. The molecule has 20 heavy (non-hydrogen) atoms. The molecule has 1 N–H and O–H groups in total. The molecule has 1 aliphatic rings. The number of hydrogen-bond acceptors (Lipinski definition) is 2. The van der Waals surface area contributed by atoms with Crippen LogP contribution in [0.3, 0.4) is 0 Å². The fourth-order valence-electron chi connectivity index (χ4n) is 3.59. The Kier molecular flexibility index (Phi) is 4.58. The zero-order chi connectivity index (χ0) is 14.8. The molecule has 2 rings (SSSR count). The minimum atomic E-state index is 0.0867. The van der Waals surface area contributed by atoms with E-state index in [-0.39, 0.29) is 5.41 Å². The van der Waals surface area contributed by atoms with Gasteiger partial charge in [-0.25, -0.2) is 0 Å². The Hall–Kier alpha value is -0.830. The summed E-state index contributed by atoms with van der Waals surface area (Å²) in [4.78, 5) is 0. The third-order valence-electron chi connectivity index (χ3n) is 5.20. The topological polar surface area (TPSA) is 38.0 Å². The van der Waals surface area contributed by atoms with Crippen molar-refractivity contribution in [2.24, 2.45) is 16.7 Å². The fourth-order valence-corrected chi connectivity index (χ4v) is 3.59. The van der Waals surface area contributed by atoms with Gasteiger partial charge in [-0.1, -0.05) is 20.8 Å². The van der Waals surface area contributed by atoms with Gasteiger partial charge in [0.25, 0.3) is 0 Å². The van der Waals surface area contributed by atoms with E-state index in [9.17, 15) is 5.11 Å². The molecular weight excluding hydrogens is 248 g/mol. The van der Waals surface area contributed by atoms with Gasteiger partial charge in [0.05, 0.1) is 6.20 Å². The lowest BCUT2D eigenvalue weighted by molar-refractivity contribution is 0.0369. The van der Waals surface area contributed by atoms with E-state index in [1.807, 2.05) is 10.9 Å². The smallest absolute Gasteiger partial charge is 0.0521 e. The van der Waals surface area contributed by atoms with Gasteiger partial charge in [0.15, 0.2) is 0 Å². The van der Waals surface area contributed by atoms with E-state index >= 15 is 0 Å². The Bertz CT molecular complexity index is 422. The van der Waals surface area contributed by atoms with E-state index in [1.54, 1.807) is 0 Å². The van der Waals surface area contributed by atoms with Gasteiger partial charge in [0.1, 0.15) is 0 Å². The molecule has 1 fully saturated rings. The molecule has 1 aliphatic carbocycles. The SMILES string of the molecule is CCn1cc(CC2(CO)CCC(C(C)(C)C)CC2)cn1. The summed E-state index contributed by atoms with van der Waals surface area (Å²) in [5.41, 5.74) is 1.76. The first kappa shape index (κ1) is 15.6. The van der Waals surface area contributed by atoms with Crippen LogP contribution in [0, 0.1) is 16.7 Å². The molecule has 1 heterocycles. The van der Waals surface area contributed by atoms with Crippen LogP contribution in [0.4, 0.5) is 0 Å². The van der Waals surface area contributed by atoms with Crippen molar-refractivity contribution >= 4 is 0 Å². The molecule has 0 aliphatic heterocycles. The number of aliphatic hydroxyl groups excluding tert-OH is 1. The van der Waals surface area contributed by atoms with Gasteiger partial charge in [-0.05, 0) is 61.3 Å². The Morgan fingerprint density at radius 3 is 2.45 bits per heavy atom. The van der Waals surface area contributed by atoms with Gasteiger partial charge in [-0.3, -0.25) is 4.68 Å². The van der Waals surface area contributed by atoms with Gasteiger partial charge in [0, 0.05) is 19.3 Å². The average Bonchev–Trinajstić information content (AvgIpc) is 2.85. The number of aliphatic hydroxyl groups is 1.